The van der Waals surface area contributed by atoms with E-state index >= 15 is 0 Å². The maximum absolute atomic E-state index is 12.7. The minimum atomic E-state index is -0.115. The molecule has 0 atom stereocenters. The molecule has 0 radical (unpaired) electrons. The van der Waals surface area contributed by atoms with Crippen molar-refractivity contribution in [2.45, 2.75) is 25.2 Å². The standard InChI is InChI=1S/C22H22N6O2/c1-28-12-17(11-24-28)15-2-3-19-16(8-15)9-18(26-27-19)10-21(29)20-13-30-22(25-20)14-4-6-23-7-5-14/h2-3,8-9,11-14,23H,4-7,10H2,1H3. The summed E-state index contributed by atoms with van der Waals surface area (Å²) in [5.74, 6) is 0.820. The topological polar surface area (TPSA) is 98.7 Å². The molecule has 4 aromatic rings. The lowest BCUT2D eigenvalue weighted by Gasteiger charge is -2.19. The van der Waals surface area contributed by atoms with E-state index in [2.05, 4.69) is 25.6 Å². The summed E-state index contributed by atoms with van der Waals surface area (Å²) < 4.78 is 7.36. The zero-order chi connectivity index (χ0) is 20.5. The zero-order valence-corrected chi connectivity index (χ0v) is 16.7. The maximum Gasteiger partial charge on any atom is 0.197 e. The number of ketones is 1. The Morgan fingerprint density at radius 3 is 2.87 bits per heavy atom. The molecule has 3 aromatic heterocycles. The molecule has 0 aliphatic carbocycles. The number of carbonyl (C=O) groups is 1. The van der Waals surface area contributed by atoms with Crippen LogP contribution >= 0.6 is 0 Å². The molecule has 0 bridgehead atoms. The number of benzene rings is 1. The van der Waals surface area contributed by atoms with Gasteiger partial charge >= 0.3 is 0 Å². The van der Waals surface area contributed by atoms with Crippen molar-refractivity contribution in [3.63, 3.8) is 0 Å². The van der Waals surface area contributed by atoms with Crippen LogP contribution in [0.15, 0.2) is 47.3 Å². The third-order valence-corrected chi connectivity index (χ3v) is 5.51. The summed E-state index contributed by atoms with van der Waals surface area (Å²) in [5, 5.41) is 17.0. The van der Waals surface area contributed by atoms with Crippen LogP contribution in [0, 0.1) is 0 Å². The Balaban J connectivity index is 1.35. The Kier molecular flexibility index (Phi) is 4.84. The monoisotopic (exact) mass is 402 g/mol. The van der Waals surface area contributed by atoms with Gasteiger partial charge in [0.2, 0.25) is 0 Å². The van der Waals surface area contributed by atoms with Gasteiger partial charge in [-0.25, -0.2) is 4.98 Å². The highest BCUT2D eigenvalue weighted by molar-refractivity contribution is 5.95. The van der Waals surface area contributed by atoms with E-state index in [4.69, 9.17) is 4.42 Å². The lowest BCUT2D eigenvalue weighted by atomic mass is 9.98. The first-order chi connectivity index (χ1) is 14.7. The summed E-state index contributed by atoms with van der Waals surface area (Å²) in [6.45, 7) is 1.90. The zero-order valence-electron chi connectivity index (χ0n) is 16.7. The molecule has 5 rings (SSSR count). The fraction of sp³-hybridized carbons (Fsp3) is 0.318. The van der Waals surface area contributed by atoms with E-state index in [0.717, 1.165) is 48.0 Å². The highest BCUT2D eigenvalue weighted by Gasteiger charge is 2.22. The number of carbonyl (C=O) groups excluding carboxylic acids is 1. The third-order valence-electron chi connectivity index (χ3n) is 5.51. The average Bonchev–Trinajstić information content (AvgIpc) is 3.43. The average molecular weight is 402 g/mol. The summed E-state index contributed by atoms with van der Waals surface area (Å²) >= 11 is 0. The van der Waals surface area contributed by atoms with E-state index in [1.54, 1.807) is 4.68 Å². The molecule has 1 saturated heterocycles. The largest absolute Gasteiger partial charge is 0.448 e. The van der Waals surface area contributed by atoms with E-state index in [0.29, 0.717) is 17.3 Å². The fourth-order valence-corrected chi connectivity index (χ4v) is 3.85. The first kappa shape index (κ1) is 18.6. The third kappa shape index (κ3) is 3.73. The molecule has 1 aromatic carbocycles. The second kappa shape index (κ2) is 7.79. The molecule has 0 spiro atoms. The molecule has 152 valence electrons. The quantitative estimate of drug-likeness (QED) is 0.513. The van der Waals surface area contributed by atoms with Gasteiger partial charge in [-0.3, -0.25) is 9.48 Å². The van der Waals surface area contributed by atoms with Crippen LogP contribution in [0.2, 0.25) is 0 Å². The molecule has 8 nitrogen and oxygen atoms in total. The molecular formula is C22H22N6O2. The first-order valence-corrected chi connectivity index (χ1v) is 10.1. The molecule has 1 fully saturated rings. The molecule has 1 N–H and O–H groups in total. The van der Waals surface area contributed by atoms with Crippen molar-refractivity contribution in [3.05, 3.63) is 60.2 Å². The van der Waals surface area contributed by atoms with Crippen LogP contribution in [-0.2, 0) is 13.5 Å². The number of nitrogens with zero attached hydrogens (tertiary/aromatic N) is 5. The summed E-state index contributed by atoms with van der Waals surface area (Å²) in [5.41, 5.74) is 3.83. The van der Waals surface area contributed by atoms with Gasteiger partial charge in [0, 0.05) is 30.1 Å². The molecule has 0 saturated carbocycles. The van der Waals surface area contributed by atoms with Crippen LogP contribution < -0.4 is 5.32 Å². The molecule has 1 aliphatic heterocycles. The molecule has 0 unspecified atom stereocenters. The van der Waals surface area contributed by atoms with E-state index in [1.165, 1.54) is 6.26 Å². The molecule has 30 heavy (non-hydrogen) atoms. The second-order valence-corrected chi connectivity index (χ2v) is 7.71. The first-order valence-electron chi connectivity index (χ1n) is 10.1. The number of oxazole rings is 1. The minimum Gasteiger partial charge on any atom is -0.448 e. The Bertz CT molecular complexity index is 1210. The molecule has 0 amide bonds. The van der Waals surface area contributed by atoms with Crippen LogP contribution in [-0.4, -0.2) is 43.8 Å². The number of hydrogen-bond donors (Lipinski definition) is 1. The predicted molar refractivity (Wildman–Crippen MR) is 111 cm³/mol. The predicted octanol–water partition coefficient (Wildman–Crippen LogP) is 2.91. The Hall–Kier alpha value is -3.39. The Morgan fingerprint density at radius 2 is 2.07 bits per heavy atom. The highest BCUT2D eigenvalue weighted by atomic mass is 16.3. The maximum atomic E-state index is 12.7. The van der Waals surface area contributed by atoms with Crippen molar-refractivity contribution in [1.82, 2.24) is 30.3 Å². The SMILES string of the molecule is Cn1cc(-c2ccc3nnc(CC(=O)c4coc(C5CCNCC5)n4)cc3c2)cn1. The molecule has 1 aliphatic rings. The van der Waals surface area contributed by atoms with Crippen LogP contribution in [0.4, 0.5) is 0 Å². The number of aryl methyl sites for hydroxylation is 1. The summed E-state index contributed by atoms with van der Waals surface area (Å²) in [6, 6.07) is 7.88. The number of hydrogen-bond acceptors (Lipinski definition) is 7. The Morgan fingerprint density at radius 1 is 1.20 bits per heavy atom. The van der Waals surface area contributed by atoms with E-state index in [-0.39, 0.29) is 18.1 Å². The van der Waals surface area contributed by atoms with Crippen LogP contribution in [0.1, 0.15) is 40.8 Å². The minimum absolute atomic E-state index is 0.115. The number of aromatic nitrogens is 5. The van der Waals surface area contributed by atoms with Gasteiger partial charge in [-0.2, -0.15) is 15.3 Å². The number of piperidine rings is 1. The number of nitrogens with one attached hydrogen (secondary N) is 1. The van der Waals surface area contributed by atoms with E-state index in [9.17, 15) is 4.79 Å². The van der Waals surface area contributed by atoms with Crippen LogP contribution in [0.25, 0.3) is 22.0 Å². The summed E-state index contributed by atoms with van der Waals surface area (Å²) in [4.78, 5) is 17.2. The lowest BCUT2D eigenvalue weighted by Crippen LogP contribution is -2.26. The lowest BCUT2D eigenvalue weighted by molar-refractivity contribution is 0.0987. The number of Topliss-reactive ketones (excluding diaryl/α,β-unsaturated/α-hetero) is 1. The van der Waals surface area contributed by atoms with Crippen LogP contribution in [0.5, 0.6) is 0 Å². The molecule has 8 heteroatoms. The molecule has 4 heterocycles. The van der Waals surface area contributed by atoms with Gasteiger partial charge in [0.25, 0.3) is 0 Å². The van der Waals surface area contributed by atoms with Gasteiger partial charge in [0.15, 0.2) is 11.7 Å². The van der Waals surface area contributed by atoms with Crippen molar-refractivity contribution in [2.75, 3.05) is 13.1 Å². The molecular weight excluding hydrogens is 380 g/mol. The van der Waals surface area contributed by atoms with Gasteiger partial charge in [-0.1, -0.05) is 6.07 Å². The van der Waals surface area contributed by atoms with Gasteiger partial charge in [0.05, 0.1) is 23.8 Å². The van der Waals surface area contributed by atoms with Gasteiger partial charge in [0.1, 0.15) is 12.0 Å². The summed E-state index contributed by atoms with van der Waals surface area (Å²) in [6.07, 6.45) is 7.34. The van der Waals surface area contributed by atoms with Gasteiger partial charge in [-0.05, 0) is 49.7 Å². The fourth-order valence-electron chi connectivity index (χ4n) is 3.85. The van der Waals surface area contributed by atoms with Crippen molar-refractivity contribution < 1.29 is 9.21 Å². The van der Waals surface area contributed by atoms with Crippen molar-refractivity contribution in [1.29, 1.82) is 0 Å². The number of fused-ring (bicyclic) bond motifs is 1. The highest BCUT2D eigenvalue weighted by Crippen LogP contribution is 2.25. The van der Waals surface area contributed by atoms with Gasteiger partial charge < -0.3 is 9.73 Å². The van der Waals surface area contributed by atoms with Crippen molar-refractivity contribution in [2.24, 2.45) is 7.05 Å². The normalized spacial score (nSPS) is 15.0. The van der Waals surface area contributed by atoms with Crippen LogP contribution in [0.3, 0.4) is 0 Å². The summed E-state index contributed by atoms with van der Waals surface area (Å²) in [7, 11) is 1.89. The van der Waals surface area contributed by atoms with E-state index in [1.807, 2.05) is 43.7 Å². The van der Waals surface area contributed by atoms with E-state index < -0.39 is 0 Å². The Labute approximate surface area is 173 Å². The van der Waals surface area contributed by atoms with Crippen molar-refractivity contribution in [3.8, 4) is 11.1 Å². The smallest absolute Gasteiger partial charge is 0.197 e. The second-order valence-electron chi connectivity index (χ2n) is 7.71. The van der Waals surface area contributed by atoms with Crippen molar-refractivity contribution >= 4 is 16.7 Å². The number of rotatable bonds is 5. The van der Waals surface area contributed by atoms with Gasteiger partial charge in [-0.15, -0.1) is 0 Å².